The quantitative estimate of drug-likeness (QED) is 0.565. The Bertz CT molecular complexity index is 1120. The van der Waals surface area contributed by atoms with Crippen molar-refractivity contribution >= 4 is 38.6 Å². The minimum Gasteiger partial charge on any atom is -0.437 e. The van der Waals surface area contributed by atoms with E-state index in [4.69, 9.17) is 16.3 Å². The Labute approximate surface area is 187 Å². The van der Waals surface area contributed by atoms with Crippen molar-refractivity contribution in [2.24, 2.45) is 5.92 Å². The van der Waals surface area contributed by atoms with Gasteiger partial charge in [0.2, 0.25) is 5.88 Å². The predicted molar refractivity (Wildman–Crippen MR) is 118 cm³/mol. The number of pyridine rings is 1. The van der Waals surface area contributed by atoms with E-state index in [1.165, 1.54) is 19.3 Å². The summed E-state index contributed by atoms with van der Waals surface area (Å²) >= 11 is 9.94. The van der Waals surface area contributed by atoms with E-state index < -0.39 is 0 Å². The van der Waals surface area contributed by atoms with Gasteiger partial charge in [-0.1, -0.05) is 16.8 Å². The molecule has 30 heavy (non-hydrogen) atoms. The number of nitrogens with zero attached hydrogens (tertiary/aromatic N) is 5. The number of ether oxygens (including phenoxy) is 1. The molecule has 3 aliphatic rings. The van der Waals surface area contributed by atoms with Gasteiger partial charge in [0, 0.05) is 50.0 Å². The van der Waals surface area contributed by atoms with Crippen molar-refractivity contribution in [3.8, 4) is 11.6 Å². The number of nitrogens with one attached hydrogen (secondary N) is 1. The van der Waals surface area contributed by atoms with Gasteiger partial charge in [-0.15, -0.1) is 5.10 Å². The lowest BCUT2D eigenvalue weighted by Gasteiger charge is -2.27. The number of aromatic nitrogens is 4. The molecule has 2 bridgehead atoms. The van der Waals surface area contributed by atoms with Gasteiger partial charge in [0.05, 0.1) is 15.0 Å². The summed E-state index contributed by atoms with van der Waals surface area (Å²) in [5.74, 6) is 2.00. The highest BCUT2D eigenvalue weighted by atomic mass is 79.9. The Morgan fingerprint density at radius 1 is 1.30 bits per heavy atom. The number of likely N-dealkylation sites (tertiary alicyclic amines) is 1. The van der Waals surface area contributed by atoms with Gasteiger partial charge in [-0.2, -0.15) is 0 Å². The van der Waals surface area contributed by atoms with Gasteiger partial charge in [-0.3, -0.25) is 4.90 Å². The summed E-state index contributed by atoms with van der Waals surface area (Å²) in [4.78, 5) is 6.98. The number of hydrogen-bond acceptors (Lipinski definition) is 6. The Morgan fingerprint density at radius 2 is 2.20 bits per heavy atom. The maximum atomic E-state index is 6.26. The van der Waals surface area contributed by atoms with E-state index in [9.17, 15) is 0 Å². The molecule has 6 rings (SSSR count). The highest BCUT2D eigenvalue weighted by Gasteiger charge is 2.37. The molecule has 0 unspecified atom stereocenters. The molecule has 2 saturated heterocycles. The molecule has 2 aliphatic heterocycles. The fraction of sp³-hybridized carbons (Fsp3) is 0.476. The summed E-state index contributed by atoms with van der Waals surface area (Å²) in [6, 6.07) is 7.12. The molecule has 2 atom stereocenters. The zero-order valence-electron chi connectivity index (χ0n) is 16.4. The summed E-state index contributed by atoms with van der Waals surface area (Å²) in [7, 11) is 0. The number of benzene rings is 1. The second-order valence-corrected chi connectivity index (χ2v) is 9.83. The number of piperazine rings is 1. The van der Waals surface area contributed by atoms with Crippen molar-refractivity contribution in [1.29, 1.82) is 0 Å². The number of fused-ring (bicyclic) bond motifs is 3. The molecule has 7 nitrogen and oxygen atoms in total. The van der Waals surface area contributed by atoms with Gasteiger partial charge >= 0.3 is 0 Å². The van der Waals surface area contributed by atoms with Crippen LogP contribution in [0.2, 0.25) is 5.02 Å². The van der Waals surface area contributed by atoms with Gasteiger partial charge in [0.15, 0.2) is 0 Å². The normalized spacial score (nSPS) is 23.5. The Kier molecular flexibility index (Phi) is 4.71. The molecule has 0 amide bonds. The summed E-state index contributed by atoms with van der Waals surface area (Å²) in [6.45, 7) is 3.81. The molecule has 3 fully saturated rings. The SMILES string of the molecule is Clc1cnc(Oc2ccc3c(nnn3CC3CC3)c2Br)c(CN2C[C@@H]3C[C@H]2CN3)c1. The molecule has 2 aromatic heterocycles. The fourth-order valence-electron chi connectivity index (χ4n) is 4.58. The molecule has 156 valence electrons. The van der Waals surface area contributed by atoms with Crippen molar-refractivity contribution in [1.82, 2.24) is 30.2 Å². The first-order chi connectivity index (χ1) is 14.6. The standard InChI is InChI=1S/C21H22BrClN6O/c22-19-18(4-3-17-20(19)26-27-29(17)9-12-1-2-12)30-21-13(5-14(23)7-25-21)10-28-11-15-6-16(28)8-24-15/h3-5,7,12,15-16,24H,1-2,6,8-11H2/t15-,16-/m0/s1. The van der Waals surface area contributed by atoms with Crippen LogP contribution in [0.5, 0.6) is 11.6 Å². The van der Waals surface area contributed by atoms with Crippen LogP contribution in [0.4, 0.5) is 0 Å². The van der Waals surface area contributed by atoms with Crippen LogP contribution < -0.4 is 10.1 Å². The molecule has 1 saturated carbocycles. The van der Waals surface area contributed by atoms with Crippen LogP contribution in [-0.2, 0) is 13.1 Å². The average molecular weight is 490 g/mol. The van der Waals surface area contributed by atoms with Crippen molar-refractivity contribution in [2.45, 2.75) is 44.4 Å². The van der Waals surface area contributed by atoms with Crippen LogP contribution >= 0.6 is 27.5 Å². The molecule has 0 spiro atoms. The van der Waals surface area contributed by atoms with Crippen LogP contribution in [0.15, 0.2) is 28.9 Å². The Balaban J connectivity index is 1.28. The lowest BCUT2D eigenvalue weighted by molar-refractivity contribution is 0.215. The first-order valence-corrected chi connectivity index (χ1v) is 11.6. The van der Waals surface area contributed by atoms with Gasteiger partial charge in [0.25, 0.3) is 0 Å². The number of halogens is 2. The van der Waals surface area contributed by atoms with E-state index in [1.54, 1.807) is 6.20 Å². The molecule has 9 heteroatoms. The first-order valence-electron chi connectivity index (χ1n) is 10.5. The van der Waals surface area contributed by atoms with E-state index in [-0.39, 0.29) is 0 Å². The van der Waals surface area contributed by atoms with Gasteiger partial charge in [-0.25, -0.2) is 9.67 Å². The molecule has 1 aliphatic carbocycles. The zero-order chi connectivity index (χ0) is 20.2. The monoisotopic (exact) mass is 488 g/mol. The summed E-state index contributed by atoms with van der Waals surface area (Å²) in [5, 5.41) is 12.9. The topological polar surface area (TPSA) is 68.1 Å². The molecule has 1 aromatic carbocycles. The third kappa shape index (κ3) is 3.49. The van der Waals surface area contributed by atoms with E-state index in [0.29, 0.717) is 28.7 Å². The second kappa shape index (κ2) is 7.44. The summed E-state index contributed by atoms with van der Waals surface area (Å²) in [6.07, 6.45) is 5.41. The third-order valence-corrected chi connectivity index (χ3v) is 7.33. The lowest BCUT2D eigenvalue weighted by atomic mass is 10.2. The highest BCUT2D eigenvalue weighted by Crippen LogP contribution is 2.38. The van der Waals surface area contributed by atoms with E-state index in [0.717, 1.165) is 53.2 Å². The molecule has 3 aromatic rings. The van der Waals surface area contributed by atoms with E-state index in [2.05, 4.69) is 41.4 Å². The smallest absolute Gasteiger partial charge is 0.223 e. The largest absolute Gasteiger partial charge is 0.437 e. The average Bonchev–Trinajstić information content (AvgIpc) is 3.10. The van der Waals surface area contributed by atoms with E-state index >= 15 is 0 Å². The highest BCUT2D eigenvalue weighted by molar-refractivity contribution is 9.10. The minimum absolute atomic E-state index is 0.575. The maximum absolute atomic E-state index is 6.26. The van der Waals surface area contributed by atoms with Crippen LogP contribution in [-0.4, -0.2) is 50.1 Å². The Hall–Kier alpha value is -1.74. The molecular formula is C21H22BrClN6O. The third-order valence-electron chi connectivity index (χ3n) is 6.36. The molecule has 0 radical (unpaired) electrons. The summed E-state index contributed by atoms with van der Waals surface area (Å²) in [5.41, 5.74) is 2.83. The van der Waals surface area contributed by atoms with Gasteiger partial charge in [0.1, 0.15) is 11.3 Å². The van der Waals surface area contributed by atoms with Gasteiger partial charge < -0.3 is 10.1 Å². The number of rotatable bonds is 6. The van der Waals surface area contributed by atoms with Crippen molar-refractivity contribution in [3.05, 3.63) is 39.5 Å². The van der Waals surface area contributed by atoms with E-state index in [1.807, 2.05) is 22.9 Å². The summed E-state index contributed by atoms with van der Waals surface area (Å²) < 4.78 is 9.05. The second-order valence-electron chi connectivity index (χ2n) is 8.60. The van der Waals surface area contributed by atoms with Crippen LogP contribution in [0.1, 0.15) is 24.8 Å². The Morgan fingerprint density at radius 3 is 2.97 bits per heavy atom. The van der Waals surface area contributed by atoms with Crippen LogP contribution in [0.3, 0.4) is 0 Å². The van der Waals surface area contributed by atoms with Crippen molar-refractivity contribution < 1.29 is 4.74 Å². The maximum Gasteiger partial charge on any atom is 0.223 e. The molecule has 4 heterocycles. The molecular weight excluding hydrogens is 468 g/mol. The number of hydrogen-bond donors (Lipinski definition) is 1. The lowest BCUT2D eigenvalue weighted by Crippen LogP contribution is -2.43. The molecule has 1 N–H and O–H groups in total. The first kappa shape index (κ1) is 19.0. The van der Waals surface area contributed by atoms with Crippen molar-refractivity contribution in [2.75, 3.05) is 13.1 Å². The predicted octanol–water partition coefficient (Wildman–Crippen LogP) is 3.99. The van der Waals surface area contributed by atoms with Crippen LogP contribution in [0.25, 0.3) is 11.0 Å². The zero-order valence-corrected chi connectivity index (χ0v) is 18.7. The fourth-order valence-corrected chi connectivity index (χ4v) is 5.26. The van der Waals surface area contributed by atoms with Crippen LogP contribution in [0, 0.1) is 5.92 Å². The van der Waals surface area contributed by atoms with Crippen molar-refractivity contribution in [3.63, 3.8) is 0 Å². The van der Waals surface area contributed by atoms with Gasteiger partial charge in [-0.05, 0) is 59.3 Å². The minimum atomic E-state index is 0.575.